The topological polar surface area (TPSA) is 63.0 Å². The van der Waals surface area contributed by atoms with Gasteiger partial charge in [-0.15, -0.1) is 0 Å². The normalized spacial score (nSPS) is 12.9. The summed E-state index contributed by atoms with van der Waals surface area (Å²) in [5.41, 5.74) is 1.61. The summed E-state index contributed by atoms with van der Waals surface area (Å²) in [6.07, 6.45) is 3.91. The first kappa shape index (κ1) is 24.6. The maximum atomic E-state index is 13.5. The summed E-state index contributed by atoms with van der Waals surface area (Å²) in [6, 6.07) is 21.0. The van der Waals surface area contributed by atoms with Gasteiger partial charge < -0.3 is 19.0 Å². The molecule has 0 aliphatic heterocycles. The van der Waals surface area contributed by atoms with Crippen molar-refractivity contribution in [2.75, 3.05) is 13.2 Å². The Kier molecular flexibility index (Phi) is 8.24. The lowest BCUT2D eigenvalue weighted by Gasteiger charge is -2.27. The largest absolute Gasteiger partial charge is 0.494 e. The van der Waals surface area contributed by atoms with Crippen LogP contribution >= 0.6 is 0 Å². The molecule has 1 saturated carbocycles. The summed E-state index contributed by atoms with van der Waals surface area (Å²) in [6.45, 7) is 5.54. The van der Waals surface area contributed by atoms with Crippen LogP contribution in [0.4, 0.5) is 0 Å². The molecule has 0 spiro atoms. The van der Waals surface area contributed by atoms with E-state index in [2.05, 4.69) is 6.92 Å². The van der Waals surface area contributed by atoms with Gasteiger partial charge in [-0.05, 0) is 68.1 Å². The molecule has 0 unspecified atom stereocenters. The van der Waals surface area contributed by atoms with Crippen LogP contribution in [0.5, 0.6) is 5.75 Å². The van der Waals surface area contributed by atoms with Crippen molar-refractivity contribution in [2.45, 2.75) is 58.7 Å². The number of rotatable bonds is 12. The van der Waals surface area contributed by atoms with Crippen LogP contribution in [-0.4, -0.2) is 40.8 Å². The van der Waals surface area contributed by atoms with Crippen LogP contribution in [0.2, 0.25) is 0 Å². The summed E-state index contributed by atoms with van der Waals surface area (Å²) in [7, 11) is 0. The van der Waals surface area contributed by atoms with Gasteiger partial charge in [-0.25, -0.2) is 0 Å². The molecule has 0 N–H and O–H groups in total. The number of unbranched alkanes of at least 4 members (excludes halogenated alkanes) is 1. The lowest BCUT2D eigenvalue weighted by molar-refractivity contribution is -0.133. The third-order valence-electron chi connectivity index (χ3n) is 6.13. The SMILES string of the molecule is CCCCOc1ccc(C(=O)N(CC(=O)N(Cc2ccccc2)Cc2ccc(C)o2)C2CC2)cc1. The van der Waals surface area contributed by atoms with Crippen LogP contribution in [0.25, 0.3) is 0 Å². The van der Waals surface area contributed by atoms with E-state index in [1.54, 1.807) is 21.9 Å². The Morgan fingerprint density at radius 1 is 0.971 bits per heavy atom. The van der Waals surface area contributed by atoms with E-state index in [0.29, 0.717) is 25.3 Å². The molecule has 1 heterocycles. The Bertz CT molecular complexity index is 1100. The highest BCUT2D eigenvalue weighted by Gasteiger charge is 2.35. The maximum Gasteiger partial charge on any atom is 0.254 e. The summed E-state index contributed by atoms with van der Waals surface area (Å²) in [4.78, 5) is 30.4. The highest BCUT2D eigenvalue weighted by atomic mass is 16.5. The van der Waals surface area contributed by atoms with Gasteiger partial charge in [0.15, 0.2) is 0 Å². The molecule has 4 rings (SSSR count). The summed E-state index contributed by atoms with van der Waals surface area (Å²) < 4.78 is 11.5. The molecule has 6 heteroatoms. The molecule has 0 radical (unpaired) electrons. The molecule has 184 valence electrons. The molecule has 35 heavy (non-hydrogen) atoms. The highest BCUT2D eigenvalue weighted by Crippen LogP contribution is 2.29. The lowest BCUT2D eigenvalue weighted by atomic mass is 10.1. The molecule has 1 aliphatic rings. The second kappa shape index (κ2) is 11.7. The quantitative estimate of drug-likeness (QED) is 0.321. The van der Waals surface area contributed by atoms with Gasteiger partial charge in [0.1, 0.15) is 23.8 Å². The molecule has 1 aromatic heterocycles. The number of aryl methyl sites for hydroxylation is 1. The van der Waals surface area contributed by atoms with Crippen molar-refractivity contribution in [1.82, 2.24) is 9.80 Å². The summed E-state index contributed by atoms with van der Waals surface area (Å²) in [5, 5.41) is 0. The van der Waals surface area contributed by atoms with E-state index in [9.17, 15) is 9.59 Å². The Morgan fingerprint density at radius 3 is 2.34 bits per heavy atom. The molecule has 0 bridgehead atoms. The van der Waals surface area contributed by atoms with Crippen molar-refractivity contribution in [1.29, 1.82) is 0 Å². The Hall–Kier alpha value is -3.54. The fraction of sp³-hybridized carbons (Fsp3) is 0.379. The zero-order valence-corrected chi connectivity index (χ0v) is 20.6. The van der Waals surface area contributed by atoms with E-state index in [0.717, 1.165) is 48.5 Å². The standard InChI is InChI=1S/C29H34N2O4/c1-3-4-18-34-26-16-11-24(12-17-26)29(33)31(25-13-14-25)21-28(32)30(19-23-8-6-5-7-9-23)20-27-15-10-22(2)35-27/h5-12,15-17,25H,3-4,13-14,18-21H2,1-2H3. The second-order valence-corrected chi connectivity index (χ2v) is 9.14. The second-order valence-electron chi connectivity index (χ2n) is 9.14. The third kappa shape index (κ3) is 6.98. The molecular formula is C29H34N2O4. The average molecular weight is 475 g/mol. The van der Waals surface area contributed by atoms with Gasteiger partial charge in [0.05, 0.1) is 13.2 Å². The number of amides is 2. The van der Waals surface area contributed by atoms with Gasteiger partial charge in [-0.2, -0.15) is 0 Å². The van der Waals surface area contributed by atoms with Gasteiger partial charge in [0.25, 0.3) is 5.91 Å². The van der Waals surface area contributed by atoms with Crippen LogP contribution in [-0.2, 0) is 17.9 Å². The number of ether oxygens (including phenoxy) is 1. The molecule has 0 saturated heterocycles. The number of hydrogen-bond acceptors (Lipinski definition) is 4. The summed E-state index contributed by atoms with van der Waals surface area (Å²) in [5.74, 6) is 2.09. The van der Waals surface area contributed by atoms with Gasteiger partial charge in [-0.3, -0.25) is 9.59 Å². The van der Waals surface area contributed by atoms with Crippen LogP contribution in [0.15, 0.2) is 71.1 Å². The van der Waals surface area contributed by atoms with Crippen LogP contribution in [0.3, 0.4) is 0 Å². The van der Waals surface area contributed by atoms with E-state index in [4.69, 9.17) is 9.15 Å². The molecule has 2 aromatic carbocycles. The fourth-order valence-corrected chi connectivity index (χ4v) is 3.99. The number of furan rings is 1. The fourth-order valence-electron chi connectivity index (χ4n) is 3.99. The molecular weight excluding hydrogens is 440 g/mol. The molecule has 1 fully saturated rings. The number of nitrogens with zero attached hydrogens (tertiary/aromatic N) is 2. The van der Waals surface area contributed by atoms with Crippen molar-refractivity contribution in [3.63, 3.8) is 0 Å². The molecule has 2 amide bonds. The van der Waals surface area contributed by atoms with Crippen molar-refractivity contribution in [3.8, 4) is 5.75 Å². The van der Waals surface area contributed by atoms with Crippen molar-refractivity contribution < 1.29 is 18.7 Å². The third-order valence-corrected chi connectivity index (χ3v) is 6.13. The first-order valence-electron chi connectivity index (χ1n) is 12.4. The first-order chi connectivity index (χ1) is 17.0. The molecule has 3 aromatic rings. The minimum absolute atomic E-state index is 0.0464. The number of benzene rings is 2. The zero-order chi connectivity index (χ0) is 24.6. The van der Waals surface area contributed by atoms with Crippen molar-refractivity contribution in [3.05, 3.63) is 89.4 Å². The smallest absolute Gasteiger partial charge is 0.254 e. The van der Waals surface area contributed by atoms with E-state index in [-0.39, 0.29) is 24.4 Å². The molecule has 6 nitrogen and oxygen atoms in total. The van der Waals surface area contributed by atoms with E-state index in [1.807, 2.05) is 61.5 Å². The minimum Gasteiger partial charge on any atom is -0.494 e. The molecule has 0 atom stereocenters. The van der Waals surface area contributed by atoms with Gasteiger partial charge in [0, 0.05) is 18.2 Å². The number of hydrogen-bond donors (Lipinski definition) is 0. The van der Waals surface area contributed by atoms with E-state index >= 15 is 0 Å². The monoisotopic (exact) mass is 474 g/mol. The van der Waals surface area contributed by atoms with Gasteiger partial charge in [0.2, 0.25) is 5.91 Å². The Labute approximate surface area is 207 Å². The summed E-state index contributed by atoms with van der Waals surface area (Å²) >= 11 is 0. The van der Waals surface area contributed by atoms with Gasteiger partial charge in [-0.1, -0.05) is 43.7 Å². The molecule has 1 aliphatic carbocycles. The number of carbonyl (C=O) groups is 2. The van der Waals surface area contributed by atoms with E-state index in [1.165, 1.54) is 0 Å². The van der Waals surface area contributed by atoms with Crippen LogP contribution < -0.4 is 4.74 Å². The van der Waals surface area contributed by atoms with E-state index < -0.39 is 0 Å². The number of carbonyl (C=O) groups excluding carboxylic acids is 2. The van der Waals surface area contributed by atoms with Crippen LogP contribution in [0, 0.1) is 6.92 Å². The highest BCUT2D eigenvalue weighted by molar-refractivity contribution is 5.97. The predicted molar refractivity (Wildman–Crippen MR) is 135 cm³/mol. The Balaban J connectivity index is 1.46. The average Bonchev–Trinajstić information content (AvgIpc) is 3.63. The van der Waals surface area contributed by atoms with Gasteiger partial charge >= 0.3 is 0 Å². The predicted octanol–water partition coefficient (Wildman–Crippen LogP) is 5.60. The lowest BCUT2D eigenvalue weighted by Crippen LogP contribution is -2.43. The zero-order valence-electron chi connectivity index (χ0n) is 20.6. The van der Waals surface area contributed by atoms with Crippen molar-refractivity contribution in [2.24, 2.45) is 0 Å². The van der Waals surface area contributed by atoms with Crippen molar-refractivity contribution >= 4 is 11.8 Å². The van der Waals surface area contributed by atoms with Crippen LogP contribution in [0.1, 0.15) is 60.0 Å². The maximum absolute atomic E-state index is 13.5. The first-order valence-corrected chi connectivity index (χ1v) is 12.4. The minimum atomic E-state index is -0.116. The Morgan fingerprint density at radius 2 is 1.71 bits per heavy atom.